The lowest BCUT2D eigenvalue weighted by Crippen LogP contribution is -2.44. The van der Waals surface area contributed by atoms with Crippen LogP contribution in [0.3, 0.4) is 0 Å². The van der Waals surface area contributed by atoms with Crippen molar-refractivity contribution in [3.63, 3.8) is 0 Å². The number of aliphatic hydroxyl groups is 1. The Kier molecular flexibility index (Phi) is 4.17. The molecule has 26 heavy (non-hydrogen) atoms. The highest BCUT2D eigenvalue weighted by Crippen LogP contribution is 2.48. The number of nitrogens with one attached hydrogen (secondary N) is 1. The van der Waals surface area contributed by atoms with Gasteiger partial charge in [0.15, 0.2) is 0 Å². The molecule has 134 valence electrons. The van der Waals surface area contributed by atoms with Crippen LogP contribution >= 0.6 is 11.3 Å². The normalized spacial score (nSPS) is 17.5. The molecule has 4 rings (SSSR count). The van der Waals surface area contributed by atoms with Crippen molar-refractivity contribution < 1.29 is 18.7 Å². The first-order valence-electron chi connectivity index (χ1n) is 8.38. The predicted molar refractivity (Wildman–Crippen MR) is 96.3 cm³/mol. The minimum atomic E-state index is -1.35. The van der Waals surface area contributed by atoms with Crippen molar-refractivity contribution in [3.8, 4) is 0 Å². The number of furan rings is 1. The molecule has 0 radical (unpaired) electrons. The number of hydrogen-bond acceptors (Lipinski definition) is 4. The Morgan fingerprint density at radius 3 is 2.62 bits per heavy atom. The first kappa shape index (κ1) is 17.0. The third kappa shape index (κ3) is 2.85. The van der Waals surface area contributed by atoms with Gasteiger partial charge < -0.3 is 14.8 Å². The Bertz CT molecular complexity index is 850. The topological polar surface area (TPSA) is 62.5 Å². The van der Waals surface area contributed by atoms with E-state index < -0.39 is 11.0 Å². The monoisotopic (exact) mass is 371 g/mol. The lowest BCUT2D eigenvalue weighted by molar-refractivity contribution is -0.124. The van der Waals surface area contributed by atoms with Gasteiger partial charge in [0.05, 0.1) is 24.5 Å². The molecule has 0 aliphatic heterocycles. The SMILES string of the molecule is O=C(NC[C@@](O)(c1ccoc1)c1cccs1)C1(c2ccc(F)cc2)CC1. The van der Waals surface area contributed by atoms with Crippen molar-refractivity contribution in [1.29, 1.82) is 0 Å². The van der Waals surface area contributed by atoms with Crippen LogP contribution in [0, 0.1) is 5.82 Å². The molecule has 1 amide bonds. The summed E-state index contributed by atoms with van der Waals surface area (Å²) in [6, 6.07) is 11.4. The molecule has 1 aliphatic carbocycles. The Morgan fingerprint density at radius 1 is 1.27 bits per heavy atom. The number of rotatable bonds is 6. The summed E-state index contributed by atoms with van der Waals surface area (Å²) in [4.78, 5) is 13.6. The van der Waals surface area contributed by atoms with E-state index in [0.29, 0.717) is 18.4 Å². The maximum atomic E-state index is 13.2. The molecule has 1 aliphatic rings. The van der Waals surface area contributed by atoms with Gasteiger partial charge in [0.1, 0.15) is 11.4 Å². The second-order valence-electron chi connectivity index (χ2n) is 6.62. The Hall–Kier alpha value is -2.44. The van der Waals surface area contributed by atoms with Crippen LogP contribution in [0.25, 0.3) is 0 Å². The van der Waals surface area contributed by atoms with E-state index in [1.54, 1.807) is 18.2 Å². The van der Waals surface area contributed by atoms with Crippen molar-refractivity contribution in [2.75, 3.05) is 6.54 Å². The van der Waals surface area contributed by atoms with Crippen molar-refractivity contribution in [2.24, 2.45) is 0 Å². The predicted octanol–water partition coefficient (Wildman–Crippen LogP) is 3.56. The molecule has 2 aromatic heterocycles. The first-order valence-corrected chi connectivity index (χ1v) is 9.26. The van der Waals surface area contributed by atoms with Crippen molar-refractivity contribution in [2.45, 2.75) is 23.9 Å². The largest absolute Gasteiger partial charge is 0.472 e. The van der Waals surface area contributed by atoms with Gasteiger partial charge in [-0.25, -0.2) is 4.39 Å². The van der Waals surface area contributed by atoms with Crippen LogP contribution in [0.2, 0.25) is 0 Å². The zero-order chi connectivity index (χ0) is 18.2. The van der Waals surface area contributed by atoms with Gasteiger partial charge in [0.2, 0.25) is 5.91 Å². The van der Waals surface area contributed by atoms with E-state index in [1.165, 1.54) is 36.0 Å². The summed E-state index contributed by atoms with van der Waals surface area (Å²) in [5, 5.41) is 16.0. The third-order valence-electron chi connectivity index (χ3n) is 5.01. The van der Waals surface area contributed by atoms with E-state index in [1.807, 2.05) is 17.5 Å². The second kappa shape index (κ2) is 6.37. The van der Waals surface area contributed by atoms with Crippen LogP contribution in [0.1, 0.15) is 28.8 Å². The Morgan fingerprint density at radius 2 is 2.04 bits per heavy atom. The fourth-order valence-electron chi connectivity index (χ4n) is 3.26. The summed E-state index contributed by atoms with van der Waals surface area (Å²) in [5.74, 6) is -0.473. The fraction of sp³-hybridized carbons (Fsp3) is 0.250. The summed E-state index contributed by atoms with van der Waals surface area (Å²) in [6.07, 6.45) is 4.41. The molecule has 0 unspecified atom stereocenters. The van der Waals surface area contributed by atoms with E-state index in [-0.39, 0.29) is 18.3 Å². The second-order valence-corrected chi connectivity index (χ2v) is 7.57. The number of carbonyl (C=O) groups is 1. The molecule has 0 saturated heterocycles. The first-order chi connectivity index (χ1) is 12.5. The van der Waals surface area contributed by atoms with Crippen LogP contribution < -0.4 is 5.32 Å². The molecule has 0 bridgehead atoms. The Balaban J connectivity index is 1.55. The van der Waals surface area contributed by atoms with Crippen molar-refractivity contribution in [1.82, 2.24) is 5.32 Å². The van der Waals surface area contributed by atoms with E-state index in [0.717, 1.165) is 10.4 Å². The van der Waals surface area contributed by atoms with Crippen LogP contribution in [0.15, 0.2) is 64.8 Å². The number of hydrogen-bond donors (Lipinski definition) is 2. The number of thiophene rings is 1. The smallest absolute Gasteiger partial charge is 0.230 e. The summed E-state index contributed by atoms with van der Waals surface area (Å²) in [5.41, 5.74) is -0.581. The number of benzene rings is 1. The lowest BCUT2D eigenvalue weighted by Gasteiger charge is -2.27. The molecular weight excluding hydrogens is 353 g/mol. The van der Waals surface area contributed by atoms with Crippen molar-refractivity contribution >= 4 is 17.2 Å². The van der Waals surface area contributed by atoms with Gasteiger partial charge in [0.25, 0.3) is 0 Å². The van der Waals surface area contributed by atoms with Crippen LogP contribution in [-0.4, -0.2) is 17.6 Å². The highest BCUT2D eigenvalue weighted by molar-refractivity contribution is 7.10. The molecule has 2 N–H and O–H groups in total. The number of amides is 1. The van der Waals surface area contributed by atoms with Crippen LogP contribution in [0.5, 0.6) is 0 Å². The van der Waals surface area contributed by atoms with E-state index in [9.17, 15) is 14.3 Å². The quantitative estimate of drug-likeness (QED) is 0.696. The van der Waals surface area contributed by atoms with Gasteiger partial charge in [-0.05, 0) is 48.1 Å². The average molecular weight is 371 g/mol. The summed E-state index contributed by atoms with van der Waals surface area (Å²) >= 11 is 1.42. The summed E-state index contributed by atoms with van der Waals surface area (Å²) in [6.45, 7) is 0.0365. The summed E-state index contributed by atoms with van der Waals surface area (Å²) in [7, 11) is 0. The molecule has 1 saturated carbocycles. The molecule has 1 aromatic carbocycles. The van der Waals surface area contributed by atoms with Crippen LogP contribution in [0.4, 0.5) is 4.39 Å². The summed E-state index contributed by atoms with van der Waals surface area (Å²) < 4.78 is 18.3. The highest BCUT2D eigenvalue weighted by atomic mass is 32.1. The van der Waals surface area contributed by atoms with Gasteiger partial charge in [-0.2, -0.15) is 0 Å². The van der Waals surface area contributed by atoms with Crippen molar-refractivity contribution in [3.05, 3.63) is 82.2 Å². The molecule has 1 fully saturated rings. The zero-order valence-corrected chi connectivity index (χ0v) is 14.8. The van der Waals surface area contributed by atoms with E-state index >= 15 is 0 Å². The van der Waals surface area contributed by atoms with Gasteiger partial charge in [-0.15, -0.1) is 11.3 Å². The number of halogens is 1. The molecule has 6 heteroatoms. The highest BCUT2D eigenvalue weighted by Gasteiger charge is 2.51. The van der Waals surface area contributed by atoms with Gasteiger partial charge in [-0.1, -0.05) is 18.2 Å². The lowest BCUT2D eigenvalue weighted by atomic mass is 9.92. The Labute approximate surface area is 154 Å². The van der Waals surface area contributed by atoms with Gasteiger partial charge >= 0.3 is 0 Å². The minimum absolute atomic E-state index is 0.0365. The van der Waals surface area contributed by atoms with Gasteiger partial charge in [-0.3, -0.25) is 4.79 Å². The minimum Gasteiger partial charge on any atom is -0.472 e. The maximum Gasteiger partial charge on any atom is 0.230 e. The van der Waals surface area contributed by atoms with Gasteiger partial charge in [0, 0.05) is 10.4 Å². The van der Waals surface area contributed by atoms with E-state index in [4.69, 9.17) is 4.42 Å². The maximum absolute atomic E-state index is 13.2. The molecule has 3 aromatic rings. The van der Waals surface area contributed by atoms with E-state index in [2.05, 4.69) is 5.32 Å². The molecule has 1 atom stereocenters. The fourth-order valence-corrected chi connectivity index (χ4v) is 4.11. The molecular formula is C20H18FNO3S. The average Bonchev–Trinajstić information content (AvgIpc) is 3.08. The third-order valence-corrected chi connectivity index (χ3v) is 6.03. The standard InChI is InChI=1S/C20H18FNO3S/c21-16-5-3-14(4-6-16)19(8-9-19)18(23)22-13-20(24,15-7-10-25-12-15)17-2-1-11-26-17/h1-7,10-12,24H,8-9,13H2,(H,22,23)/t20-/m1/s1. The molecule has 4 nitrogen and oxygen atoms in total. The molecule has 0 spiro atoms. The number of carbonyl (C=O) groups excluding carboxylic acids is 1. The zero-order valence-electron chi connectivity index (χ0n) is 13.9. The molecule has 2 heterocycles. The van der Waals surface area contributed by atoms with Crippen LogP contribution in [-0.2, 0) is 15.8 Å².